The molecule has 7 nitrogen and oxygen atoms in total. The predicted octanol–water partition coefficient (Wildman–Crippen LogP) is 3.28. The molecule has 2 aromatic carbocycles. The van der Waals surface area contributed by atoms with E-state index in [0.717, 1.165) is 0 Å². The van der Waals surface area contributed by atoms with Gasteiger partial charge in [-0.05, 0) is 50.1 Å². The molecule has 1 heterocycles. The molecule has 1 amide bonds. The van der Waals surface area contributed by atoms with E-state index in [2.05, 4.69) is 5.32 Å². The van der Waals surface area contributed by atoms with Crippen molar-refractivity contribution in [3.63, 3.8) is 0 Å². The minimum absolute atomic E-state index is 0.0891. The Morgan fingerprint density at radius 2 is 1.86 bits per heavy atom. The highest BCUT2D eigenvalue weighted by atomic mass is 32.2. The molecular formula is C21H26N2O5S. The fraction of sp³-hybridized carbons (Fsp3) is 0.381. The zero-order chi connectivity index (χ0) is 20.9. The Balaban J connectivity index is 1.91. The van der Waals surface area contributed by atoms with E-state index in [1.807, 2.05) is 6.07 Å². The largest absolute Gasteiger partial charge is 0.495 e. The topological polar surface area (TPSA) is 84.9 Å². The number of anilines is 2. The van der Waals surface area contributed by atoms with Gasteiger partial charge in [-0.25, -0.2) is 8.42 Å². The number of amides is 1. The van der Waals surface area contributed by atoms with E-state index in [9.17, 15) is 13.2 Å². The minimum atomic E-state index is -3.81. The maximum Gasteiger partial charge on any atom is 0.264 e. The first-order valence-electron chi connectivity index (χ1n) is 9.61. The van der Waals surface area contributed by atoms with Gasteiger partial charge in [0.25, 0.3) is 10.0 Å². The van der Waals surface area contributed by atoms with Crippen LogP contribution in [0.25, 0.3) is 0 Å². The standard InChI is InChI=1S/C21H26N2O5S/c1-3-23(17-7-5-4-6-8-17)29(25,26)18-9-10-20(27-2)19(15-18)22-21(24)16-11-13-28-14-12-16/h4-10,15-16H,3,11-14H2,1-2H3,(H,22,24). The van der Waals surface area contributed by atoms with Crippen LogP contribution in [0.5, 0.6) is 5.75 Å². The summed E-state index contributed by atoms with van der Waals surface area (Å²) in [5.41, 5.74) is 0.924. The third kappa shape index (κ3) is 4.71. The van der Waals surface area contributed by atoms with Crippen molar-refractivity contribution in [2.75, 3.05) is 36.5 Å². The quantitative estimate of drug-likeness (QED) is 0.746. The molecule has 8 heteroatoms. The lowest BCUT2D eigenvalue weighted by Gasteiger charge is -2.24. The molecule has 1 fully saturated rings. The summed E-state index contributed by atoms with van der Waals surface area (Å²) in [7, 11) is -2.32. The van der Waals surface area contributed by atoms with Gasteiger partial charge in [0, 0.05) is 25.7 Å². The van der Waals surface area contributed by atoms with E-state index in [4.69, 9.17) is 9.47 Å². The van der Waals surface area contributed by atoms with Crippen LogP contribution in [0.15, 0.2) is 53.4 Å². The Morgan fingerprint density at radius 1 is 1.17 bits per heavy atom. The summed E-state index contributed by atoms with van der Waals surface area (Å²) in [6.07, 6.45) is 1.29. The van der Waals surface area contributed by atoms with Crippen molar-refractivity contribution < 1.29 is 22.7 Å². The second kappa shape index (κ2) is 9.28. The molecule has 0 saturated carbocycles. The number of carbonyl (C=O) groups is 1. The van der Waals surface area contributed by atoms with Crippen LogP contribution in [0.1, 0.15) is 19.8 Å². The Bertz CT molecular complexity index is 941. The summed E-state index contributed by atoms with van der Waals surface area (Å²) in [6, 6.07) is 13.4. The smallest absolute Gasteiger partial charge is 0.264 e. The number of nitrogens with one attached hydrogen (secondary N) is 1. The molecule has 1 aliphatic rings. The fourth-order valence-corrected chi connectivity index (χ4v) is 4.85. The maximum atomic E-state index is 13.3. The number of benzene rings is 2. The molecule has 29 heavy (non-hydrogen) atoms. The van der Waals surface area contributed by atoms with Gasteiger partial charge in [0.2, 0.25) is 5.91 Å². The number of rotatable bonds is 7. The summed E-state index contributed by atoms with van der Waals surface area (Å²) in [6.45, 7) is 3.16. The number of methoxy groups -OCH3 is 1. The van der Waals surface area contributed by atoms with Gasteiger partial charge < -0.3 is 14.8 Å². The summed E-state index contributed by atoms with van der Waals surface area (Å²) in [5.74, 6) is 0.0915. The lowest BCUT2D eigenvalue weighted by molar-refractivity contribution is -0.122. The fourth-order valence-electron chi connectivity index (χ4n) is 3.35. The number of carbonyl (C=O) groups excluding carboxylic acids is 1. The van der Waals surface area contributed by atoms with Gasteiger partial charge in [0.1, 0.15) is 5.75 Å². The Hall–Kier alpha value is -2.58. The Morgan fingerprint density at radius 3 is 2.48 bits per heavy atom. The SMILES string of the molecule is CCN(c1ccccc1)S(=O)(=O)c1ccc(OC)c(NC(=O)C2CCOCC2)c1. The van der Waals surface area contributed by atoms with Crippen LogP contribution in [-0.2, 0) is 19.6 Å². The van der Waals surface area contributed by atoms with E-state index in [1.54, 1.807) is 37.3 Å². The van der Waals surface area contributed by atoms with Gasteiger partial charge in [0.15, 0.2) is 0 Å². The number of hydrogen-bond acceptors (Lipinski definition) is 5. The summed E-state index contributed by atoms with van der Waals surface area (Å²) in [4.78, 5) is 12.7. The molecule has 0 bridgehead atoms. The summed E-state index contributed by atoms with van der Waals surface area (Å²) in [5, 5.41) is 2.84. The van der Waals surface area contributed by atoms with Crippen molar-refractivity contribution in [2.24, 2.45) is 5.92 Å². The lowest BCUT2D eigenvalue weighted by Crippen LogP contribution is -2.31. The second-order valence-electron chi connectivity index (χ2n) is 6.74. The normalized spacial score (nSPS) is 15.0. The molecule has 1 N–H and O–H groups in total. The molecule has 0 aliphatic carbocycles. The zero-order valence-electron chi connectivity index (χ0n) is 16.6. The lowest BCUT2D eigenvalue weighted by atomic mass is 9.99. The molecule has 3 rings (SSSR count). The second-order valence-corrected chi connectivity index (χ2v) is 8.61. The number of sulfonamides is 1. The predicted molar refractivity (Wildman–Crippen MR) is 112 cm³/mol. The third-order valence-electron chi connectivity index (χ3n) is 4.94. The van der Waals surface area contributed by atoms with Crippen LogP contribution in [0.4, 0.5) is 11.4 Å². The minimum Gasteiger partial charge on any atom is -0.495 e. The third-order valence-corrected chi connectivity index (χ3v) is 6.84. The molecule has 0 atom stereocenters. The van der Waals surface area contributed by atoms with Gasteiger partial charge in [-0.3, -0.25) is 9.10 Å². The van der Waals surface area contributed by atoms with Gasteiger partial charge in [-0.1, -0.05) is 18.2 Å². The molecule has 0 aromatic heterocycles. The summed E-state index contributed by atoms with van der Waals surface area (Å²) < 4.78 is 38.5. The molecule has 156 valence electrons. The van der Waals surface area contributed by atoms with Crippen LogP contribution in [-0.4, -0.2) is 41.2 Å². The number of hydrogen-bond donors (Lipinski definition) is 1. The monoisotopic (exact) mass is 418 g/mol. The highest BCUT2D eigenvalue weighted by molar-refractivity contribution is 7.92. The summed E-state index contributed by atoms with van der Waals surface area (Å²) >= 11 is 0. The van der Waals surface area contributed by atoms with Crippen molar-refractivity contribution in [1.82, 2.24) is 0 Å². The van der Waals surface area contributed by atoms with Crippen LogP contribution in [0.3, 0.4) is 0 Å². The van der Waals surface area contributed by atoms with E-state index in [-0.39, 0.29) is 23.3 Å². The highest BCUT2D eigenvalue weighted by Crippen LogP contribution is 2.31. The molecule has 0 unspecified atom stereocenters. The van der Waals surface area contributed by atoms with E-state index in [1.165, 1.54) is 23.5 Å². The van der Waals surface area contributed by atoms with Crippen molar-refractivity contribution in [3.8, 4) is 5.75 Å². The average molecular weight is 419 g/mol. The molecular weight excluding hydrogens is 392 g/mol. The first-order valence-corrected chi connectivity index (χ1v) is 11.1. The van der Waals surface area contributed by atoms with E-state index in [0.29, 0.717) is 43.2 Å². The van der Waals surface area contributed by atoms with Gasteiger partial charge in [-0.2, -0.15) is 0 Å². The molecule has 0 radical (unpaired) electrons. The van der Waals surface area contributed by atoms with Gasteiger partial charge in [0.05, 0.1) is 23.4 Å². The first kappa shape index (κ1) is 21.1. The van der Waals surface area contributed by atoms with Crippen LogP contribution in [0.2, 0.25) is 0 Å². The molecule has 0 spiro atoms. The number of para-hydroxylation sites is 1. The Labute approximate surface area is 171 Å². The van der Waals surface area contributed by atoms with E-state index < -0.39 is 10.0 Å². The molecule has 2 aromatic rings. The van der Waals surface area contributed by atoms with Crippen molar-refractivity contribution in [2.45, 2.75) is 24.7 Å². The van der Waals surface area contributed by atoms with Crippen molar-refractivity contribution in [1.29, 1.82) is 0 Å². The van der Waals surface area contributed by atoms with Gasteiger partial charge in [-0.15, -0.1) is 0 Å². The van der Waals surface area contributed by atoms with Crippen molar-refractivity contribution in [3.05, 3.63) is 48.5 Å². The molecule has 1 saturated heterocycles. The zero-order valence-corrected chi connectivity index (χ0v) is 17.4. The molecule has 1 aliphatic heterocycles. The first-order chi connectivity index (χ1) is 14.0. The van der Waals surface area contributed by atoms with Crippen LogP contribution >= 0.6 is 0 Å². The van der Waals surface area contributed by atoms with E-state index >= 15 is 0 Å². The number of nitrogens with zero attached hydrogens (tertiary/aromatic N) is 1. The van der Waals surface area contributed by atoms with Gasteiger partial charge >= 0.3 is 0 Å². The average Bonchev–Trinajstić information content (AvgIpc) is 2.75. The van der Waals surface area contributed by atoms with Crippen molar-refractivity contribution >= 4 is 27.3 Å². The van der Waals surface area contributed by atoms with Crippen LogP contribution in [0, 0.1) is 5.92 Å². The Kier molecular flexibility index (Phi) is 6.76. The maximum absolute atomic E-state index is 13.3. The number of ether oxygens (including phenoxy) is 2. The highest BCUT2D eigenvalue weighted by Gasteiger charge is 2.26. The van der Waals surface area contributed by atoms with Crippen LogP contribution < -0.4 is 14.4 Å².